The van der Waals surface area contributed by atoms with Gasteiger partial charge in [0.05, 0.1) is 17.8 Å². The van der Waals surface area contributed by atoms with E-state index in [1.807, 2.05) is 54.6 Å². The Hall–Kier alpha value is -4.52. The molecule has 0 fully saturated rings. The molecule has 1 aliphatic heterocycles. The van der Waals surface area contributed by atoms with Crippen molar-refractivity contribution in [2.45, 2.75) is 19.3 Å². The molecule has 180 valence electrons. The summed E-state index contributed by atoms with van der Waals surface area (Å²) < 4.78 is 0. The van der Waals surface area contributed by atoms with E-state index in [1.165, 1.54) is 5.56 Å². The first kappa shape index (κ1) is 23.2. The summed E-state index contributed by atoms with van der Waals surface area (Å²) in [5, 5.41) is 6.22. The predicted molar refractivity (Wildman–Crippen MR) is 141 cm³/mol. The molecule has 0 saturated carbocycles. The maximum absolute atomic E-state index is 12.6. The fourth-order valence-electron chi connectivity index (χ4n) is 4.29. The van der Waals surface area contributed by atoms with Crippen LogP contribution in [-0.2, 0) is 11.2 Å². The van der Waals surface area contributed by atoms with Crippen molar-refractivity contribution in [3.8, 4) is 11.3 Å². The number of hydrogen-bond acceptors (Lipinski definition) is 5. The molecular weight excluding hydrogens is 450 g/mol. The summed E-state index contributed by atoms with van der Waals surface area (Å²) in [5.74, 6) is 0.532. The van der Waals surface area contributed by atoms with Crippen LogP contribution in [-0.4, -0.2) is 35.4 Å². The lowest BCUT2D eigenvalue weighted by Gasteiger charge is -2.16. The van der Waals surface area contributed by atoms with Gasteiger partial charge in [0.2, 0.25) is 11.9 Å². The number of nitrogens with zero attached hydrogens (tertiary/aromatic N) is 3. The molecule has 0 aliphatic carbocycles. The molecule has 2 heterocycles. The molecule has 0 unspecified atom stereocenters. The first-order chi connectivity index (χ1) is 17.5. The van der Waals surface area contributed by atoms with Crippen LogP contribution in [0.4, 0.5) is 17.3 Å². The lowest BCUT2D eigenvalue weighted by atomic mass is 10.0. The topological polar surface area (TPSA) is 87.2 Å². The quantitative estimate of drug-likeness (QED) is 0.411. The Morgan fingerprint density at radius 2 is 1.72 bits per heavy atom. The molecule has 7 nitrogen and oxygen atoms in total. The Bertz CT molecular complexity index is 1400. The van der Waals surface area contributed by atoms with Crippen molar-refractivity contribution < 1.29 is 9.59 Å². The van der Waals surface area contributed by atoms with Crippen molar-refractivity contribution >= 4 is 29.1 Å². The minimum absolute atomic E-state index is 0.00228. The Kier molecular flexibility index (Phi) is 6.45. The second-order valence-corrected chi connectivity index (χ2v) is 8.94. The van der Waals surface area contributed by atoms with Gasteiger partial charge in [0.25, 0.3) is 5.91 Å². The van der Waals surface area contributed by atoms with Crippen LogP contribution >= 0.6 is 0 Å². The Balaban J connectivity index is 1.28. The van der Waals surface area contributed by atoms with Gasteiger partial charge in [-0.05, 0) is 41.8 Å². The lowest BCUT2D eigenvalue weighted by Crippen LogP contribution is -2.27. The van der Waals surface area contributed by atoms with Gasteiger partial charge < -0.3 is 15.5 Å². The number of rotatable bonds is 6. The molecule has 1 aromatic heterocycles. The Labute approximate surface area is 210 Å². The van der Waals surface area contributed by atoms with E-state index in [2.05, 4.69) is 34.7 Å². The van der Waals surface area contributed by atoms with Crippen molar-refractivity contribution in [2.24, 2.45) is 0 Å². The molecule has 1 atom stereocenters. The minimum atomic E-state index is -0.115. The molecule has 1 aliphatic rings. The van der Waals surface area contributed by atoms with Gasteiger partial charge in [0.1, 0.15) is 0 Å². The number of para-hydroxylation sites is 1. The maximum atomic E-state index is 12.6. The summed E-state index contributed by atoms with van der Waals surface area (Å²) >= 11 is 0. The highest BCUT2D eigenvalue weighted by Crippen LogP contribution is 2.35. The zero-order valence-electron chi connectivity index (χ0n) is 20.2. The van der Waals surface area contributed by atoms with Gasteiger partial charge in [0.15, 0.2) is 0 Å². The summed E-state index contributed by atoms with van der Waals surface area (Å²) in [6.07, 6.45) is 1.95. The molecule has 5 rings (SSSR count). The lowest BCUT2D eigenvalue weighted by molar-refractivity contribution is -0.117. The number of aromatic nitrogens is 2. The first-order valence-electron chi connectivity index (χ1n) is 11.9. The third-order valence-electron chi connectivity index (χ3n) is 6.44. The molecule has 0 spiro atoms. The maximum Gasteiger partial charge on any atom is 0.251 e. The van der Waals surface area contributed by atoms with Crippen LogP contribution in [0.25, 0.3) is 11.3 Å². The highest BCUT2D eigenvalue weighted by molar-refractivity contribution is 6.01. The number of amides is 2. The number of carbonyl (C=O) groups is 2. The van der Waals surface area contributed by atoms with Gasteiger partial charge in [-0.1, -0.05) is 55.5 Å². The summed E-state index contributed by atoms with van der Waals surface area (Å²) in [7, 11) is 1.78. The molecule has 0 radical (unpaired) electrons. The predicted octanol–water partition coefficient (Wildman–Crippen LogP) is 4.94. The van der Waals surface area contributed by atoms with Gasteiger partial charge in [-0.2, -0.15) is 0 Å². The van der Waals surface area contributed by atoms with Crippen molar-refractivity contribution in [2.75, 3.05) is 23.8 Å². The molecular formula is C29H27N5O2. The molecule has 0 saturated heterocycles. The molecule has 0 bridgehead atoms. The van der Waals surface area contributed by atoms with E-state index in [-0.39, 0.29) is 24.2 Å². The van der Waals surface area contributed by atoms with Gasteiger partial charge in [-0.15, -0.1) is 0 Å². The van der Waals surface area contributed by atoms with E-state index >= 15 is 0 Å². The van der Waals surface area contributed by atoms with Crippen LogP contribution in [0.15, 0.2) is 85.1 Å². The smallest absolute Gasteiger partial charge is 0.251 e. The fraction of sp³-hybridized carbons (Fsp3) is 0.172. The molecule has 2 amide bonds. The largest absolute Gasteiger partial charge is 0.351 e. The summed E-state index contributed by atoms with van der Waals surface area (Å²) in [4.78, 5) is 36.0. The molecule has 7 heteroatoms. The highest BCUT2D eigenvalue weighted by Gasteiger charge is 2.24. The monoisotopic (exact) mass is 477 g/mol. The van der Waals surface area contributed by atoms with E-state index < -0.39 is 0 Å². The van der Waals surface area contributed by atoms with Crippen LogP contribution < -0.4 is 15.5 Å². The number of hydrogen-bond donors (Lipinski definition) is 2. The molecule has 36 heavy (non-hydrogen) atoms. The second-order valence-electron chi connectivity index (χ2n) is 8.94. The number of fused-ring (bicyclic) bond motifs is 3. The second kappa shape index (κ2) is 10.00. The normalized spacial score (nSPS) is 13.3. The van der Waals surface area contributed by atoms with Crippen LogP contribution in [0.3, 0.4) is 0 Å². The molecule has 4 aromatic rings. The summed E-state index contributed by atoms with van der Waals surface area (Å²) in [6, 6.07) is 25.1. The van der Waals surface area contributed by atoms with E-state index in [9.17, 15) is 9.59 Å². The SMILES string of the molecule is C[C@@H](CNC(=O)c1ccc(Nc2ncc3c(n2)-c2ccccc2N(C)C(=O)C3)cc1)c1ccccc1. The number of nitrogens with one attached hydrogen (secondary N) is 2. The summed E-state index contributed by atoms with van der Waals surface area (Å²) in [5.41, 5.74) is 5.78. The van der Waals surface area contributed by atoms with E-state index in [0.717, 1.165) is 28.2 Å². The number of benzene rings is 3. The van der Waals surface area contributed by atoms with Crippen LogP contribution in [0.2, 0.25) is 0 Å². The number of likely N-dealkylation sites (N-methyl/N-ethyl adjacent to an activating group) is 1. The standard InChI is InChI=1S/C29H27N5O2/c1-19(20-8-4-3-5-9-20)17-30-28(36)21-12-14-23(15-13-21)32-29-31-18-22-16-26(35)34(2)25-11-7-6-10-24(25)27(22)33-29/h3-15,18-19H,16-17H2,1-2H3,(H,30,36)(H,31,32,33)/t19-/m0/s1. The third-order valence-corrected chi connectivity index (χ3v) is 6.44. The highest BCUT2D eigenvalue weighted by atomic mass is 16.2. The van der Waals surface area contributed by atoms with Gasteiger partial charge in [0, 0.05) is 42.2 Å². The van der Waals surface area contributed by atoms with Crippen molar-refractivity contribution in [3.63, 3.8) is 0 Å². The van der Waals surface area contributed by atoms with E-state index in [0.29, 0.717) is 18.1 Å². The van der Waals surface area contributed by atoms with Crippen LogP contribution in [0.5, 0.6) is 0 Å². The van der Waals surface area contributed by atoms with Gasteiger partial charge in [-0.25, -0.2) is 9.97 Å². The summed E-state index contributed by atoms with van der Waals surface area (Å²) in [6.45, 7) is 2.65. The minimum Gasteiger partial charge on any atom is -0.351 e. The fourth-order valence-corrected chi connectivity index (χ4v) is 4.29. The van der Waals surface area contributed by atoms with Crippen molar-refractivity contribution in [3.05, 3.63) is 102 Å². The van der Waals surface area contributed by atoms with Crippen LogP contribution in [0.1, 0.15) is 34.3 Å². The third kappa shape index (κ3) is 4.81. The zero-order chi connectivity index (χ0) is 25.1. The number of carbonyl (C=O) groups excluding carboxylic acids is 2. The average Bonchev–Trinajstić information content (AvgIpc) is 3.02. The van der Waals surface area contributed by atoms with Crippen molar-refractivity contribution in [1.82, 2.24) is 15.3 Å². The molecule has 3 aromatic carbocycles. The number of anilines is 3. The zero-order valence-corrected chi connectivity index (χ0v) is 20.2. The Morgan fingerprint density at radius 3 is 2.50 bits per heavy atom. The molecule has 2 N–H and O–H groups in total. The average molecular weight is 478 g/mol. The van der Waals surface area contributed by atoms with E-state index in [1.54, 1.807) is 30.3 Å². The Morgan fingerprint density at radius 1 is 1.00 bits per heavy atom. The van der Waals surface area contributed by atoms with Gasteiger partial charge in [-0.3, -0.25) is 9.59 Å². The van der Waals surface area contributed by atoms with Crippen molar-refractivity contribution in [1.29, 1.82) is 0 Å². The van der Waals surface area contributed by atoms with E-state index in [4.69, 9.17) is 4.98 Å². The van der Waals surface area contributed by atoms with Gasteiger partial charge >= 0.3 is 0 Å². The van der Waals surface area contributed by atoms with Crippen LogP contribution in [0, 0.1) is 0 Å². The first-order valence-corrected chi connectivity index (χ1v) is 11.9.